The van der Waals surface area contributed by atoms with Gasteiger partial charge in [0.1, 0.15) is 0 Å². The van der Waals surface area contributed by atoms with Crippen molar-refractivity contribution in [3.63, 3.8) is 0 Å². The Bertz CT molecular complexity index is 1160. The maximum Gasteiger partial charge on any atom is 0.270 e. The molecule has 0 fully saturated rings. The van der Waals surface area contributed by atoms with Crippen molar-refractivity contribution in [3.8, 4) is 11.3 Å². The number of anilines is 1. The predicted octanol–water partition coefficient (Wildman–Crippen LogP) is 3.41. The van der Waals surface area contributed by atoms with Crippen molar-refractivity contribution in [1.82, 2.24) is 9.29 Å². The number of nitrogens with one attached hydrogen (secondary N) is 1. The summed E-state index contributed by atoms with van der Waals surface area (Å²) in [5.74, 6) is 0. The summed E-state index contributed by atoms with van der Waals surface area (Å²) in [5, 5.41) is 17.2. The molecule has 1 heterocycles. The normalized spacial score (nSPS) is 11.8. The van der Waals surface area contributed by atoms with Crippen LogP contribution in [0.2, 0.25) is 0 Å². The molecule has 150 valence electrons. The topological polar surface area (TPSA) is 118 Å². The molecule has 29 heavy (non-hydrogen) atoms. The van der Waals surface area contributed by atoms with Crippen LogP contribution in [-0.2, 0) is 10.0 Å². The highest BCUT2D eigenvalue weighted by Crippen LogP contribution is 2.26. The fraction of sp³-hybridized carbons (Fsp3) is 0.111. The summed E-state index contributed by atoms with van der Waals surface area (Å²) in [6.45, 7) is 0. The van der Waals surface area contributed by atoms with Gasteiger partial charge in [-0.25, -0.2) is 17.7 Å². The molecular weight excluding hydrogens is 414 g/mol. The second-order valence-corrected chi connectivity index (χ2v) is 9.08. The monoisotopic (exact) mass is 431 g/mol. The molecule has 3 aromatic rings. The van der Waals surface area contributed by atoms with Gasteiger partial charge in [-0.1, -0.05) is 24.3 Å². The van der Waals surface area contributed by atoms with Crippen molar-refractivity contribution in [1.29, 1.82) is 0 Å². The number of nitro groups is 1. The zero-order valence-electron chi connectivity index (χ0n) is 15.5. The second-order valence-electron chi connectivity index (χ2n) is 6.07. The first-order valence-corrected chi connectivity index (χ1v) is 10.6. The van der Waals surface area contributed by atoms with E-state index in [-0.39, 0.29) is 10.6 Å². The summed E-state index contributed by atoms with van der Waals surface area (Å²) < 4.78 is 25.4. The van der Waals surface area contributed by atoms with Gasteiger partial charge in [0, 0.05) is 42.7 Å². The van der Waals surface area contributed by atoms with E-state index in [1.807, 2.05) is 5.38 Å². The molecule has 0 aliphatic carbocycles. The minimum absolute atomic E-state index is 0.00906. The minimum atomic E-state index is -3.48. The molecule has 1 N–H and O–H groups in total. The number of nitro benzene ring substituents is 1. The van der Waals surface area contributed by atoms with Crippen LogP contribution in [0.1, 0.15) is 5.56 Å². The van der Waals surface area contributed by atoms with Crippen LogP contribution in [0, 0.1) is 10.1 Å². The number of thiazole rings is 1. The summed E-state index contributed by atoms with van der Waals surface area (Å²) in [4.78, 5) is 15.0. The molecule has 0 saturated carbocycles. The maximum absolute atomic E-state index is 12.1. The molecule has 0 amide bonds. The van der Waals surface area contributed by atoms with Crippen molar-refractivity contribution in [2.24, 2.45) is 5.10 Å². The highest BCUT2D eigenvalue weighted by Gasteiger charge is 2.17. The molecule has 3 rings (SSSR count). The van der Waals surface area contributed by atoms with Gasteiger partial charge < -0.3 is 0 Å². The number of sulfonamides is 1. The van der Waals surface area contributed by atoms with Gasteiger partial charge in [0.05, 0.1) is 21.7 Å². The van der Waals surface area contributed by atoms with Crippen molar-refractivity contribution >= 4 is 38.4 Å². The largest absolute Gasteiger partial charge is 0.270 e. The summed E-state index contributed by atoms with van der Waals surface area (Å²) in [5.41, 5.74) is 4.81. The lowest BCUT2D eigenvalue weighted by molar-refractivity contribution is -0.384. The Hall–Kier alpha value is -3.15. The van der Waals surface area contributed by atoms with Crippen molar-refractivity contribution in [2.75, 3.05) is 19.5 Å². The third-order valence-corrected chi connectivity index (χ3v) is 6.46. The molecule has 9 nitrogen and oxygen atoms in total. The van der Waals surface area contributed by atoms with Crippen LogP contribution in [0.3, 0.4) is 0 Å². The van der Waals surface area contributed by atoms with E-state index in [0.717, 1.165) is 9.87 Å². The Morgan fingerprint density at radius 1 is 1.21 bits per heavy atom. The van der Waals surface area contributed by atoms with Crippen LogP contribution >= 0.6 is 11.3 Å². The lowest BCUT2D eigenvalue weighted by Gasteiger charge is -2.11. The first kappa shape index (κ1) is 20.6. The molecule has 0 bridgehead atoms. The van der Waals surface area contributed by atoms with Crippen molar-refractivity contribution in [3.05, 3.63) is 69.6 Å². The number of nitrogens with zero attached hydrogens (tertiary/aromatic N) is 4. The Labute approximate surface area is 171 Å². The molecule has 0 aliphatic rings. The fourth-order valence-corrected chi connectivity index (χ4v) is 3.92. The van der Waals surface area contributed by atoms with E-state index >= 15 is 0 Å². The number of hydrogen-bond donors (Lipinski definition) is 1. The van der Waals surface area contributed by atoms with Gasteiger partial charge in [-0.05, 0) is 12.1 Å². The Morgan fingerprint density at radius 2 is 1.93 bits per heavy atom. The standard InChI is InChI=1S/C18H17N5O4S2/c1-22(2)29(26,27)16-8-6-14(7-9-16)17-12-28-18(20-17)21-19-11-13-4-3-5-15(10-13)23(24)25/h3-12H,1-2H3,(H,20,21)/b19-11-. The summed E-state index contributed by atoms with van der Waals surface area (Å²) in [6, 6.07) is 12.6. The van der Waals surface area contributed by atoms with Gasteiger partial charge in [-0.2, -0.15) is 5.10 Å². The van der Waals surface area contributed by atoms with E-state index in [1.54, 1.807) is 24.3 Å². The van der Waals surface area contributed by atoms with Crippen LogP contribution in [0.15, 0.2) is 63.9 Å². The van der Waals surface area contributed by atoms with Crippen molar-refractivity contribution < 1.29 is 13.3 Å². The number of non-ortho nitro benzene ring substituents is 1. The number of hydrogen-bond acceptors (Lipinski definition) is 8. The van der Waals surface area contributed by atoms with Gasteiger partial charge >= 0.3 is 0 Å². The first-order valence-electron chi connectivity index (χ1n) is 8.29. The lowest BCUT2D eigenvalue weighted by atomic mass is 10.2. The van der Waals surface area contributed by atoms with E-state index in [4.69, 9.17) is 0 Å². The number of aromatic nitrogens is 1. The van der Waals surface area contributed by atoms with E-state index in [2.05, 4.69) is 15.5 Å². The zero-order chi connectivity index (χ0) is 21.0. The fourth-order valence-electron chi connectivity index (χ4n) is 2.35. The average Bonchev–Trinajstić information content (AvgIpc) is 3.17. The quantitative estimate of drug-likeness (QED) is 0.348. The lowest BCUT2D eigenvalue weighted by Crippen LogP contribution is -2.22. The van der Waals surface area contributed by atoms with Gasteiger partial charge in [0.2, 0.25) is 15.2 Å². The van der Waals surface area contributed by atoms with E-state index < -0.39 is 14.9 Å². The second kappa shape index (κ2) is 8.47. The predicted molar refractivity (Wildman–Crippen MR) is 113 cm³/mol. The molecule has 0 saturated heterocycles. The van der Waals surface area contributed by atoms with Crippen LogP contribution in [0.5, 0.6) is 0 Å². The molecule has 1 aromatic heterocycles. The average molecular weight is 431 g/mol. The van der Waals surface area contributed by atoms with E-state index in [0.29, 0.717) is 16.4 Å². The molecule has 2 aromatic carbocycles. The third-order valence-electron chi connectivity index (χ3n) is 3.89. The number of rotatable bonds is 7. The van der Waals surface area contributed by atoms with Gasteiger partial charge in [0.15, 0.2) is 0 Å². The Kier molecular flexibility index (Phi) is 6.01. The maximum atomic E-state index is 12.1. The number of hydrazone groups is 1. The van der Waals surface area contributed by atoms with Crippen LogP contribution in [-0.4, -0.2) is 42.9 Å². The van der Waals surface area contributed by atoms with Crippen LogP contribution < -0.4 is 5.43 Å². The van der Waals surface area contributed by atoms with E-state index in [1.165, 1.54) is 55.9 Å². The molecule has 11 heteroatoms. The Balaban J connectivity index is 1.70. The molecule has 0 unspecified atom stereocenters. The molecule has 0 aliphatic heterocycles. The highest BCUT2D eigenvalue weighted by atomic mass is 32.2. The first-order chi connectivity index (χ1) is 13.8. The smallest absolute Gasteiger partial charge is 0.258 e. The van der Waals surface area contributed by atoms with Crippen LogP contribution in [0.4, 0.5) is 10.8 Å². The van der Waals surface area contributed by atoms with Gasteiger partial charge in [0.25, 0.3) is 5.69 Å². The van der Waals surface area contributed by atoms with Crippen LogP contribution in [0.25, 0.3) is 11.3 Å². The number of benzene rings is 2. The highest BCUT2D eigenvalue weighted by molar-refractivity contribution is 7.89. The van der Waals surface area contributed by atoms with E-state index in [9.17, 15) is 18.5 Å². The van der Waals surface area contributed by atoms with Gasteiger partial charge in [-0.15, -0.1) is 11.3 Å². The molecule has 0 atom stereocenters. The minimum Gasteiger partial charge on any atom is -0.258 e. The third kappa shape index (κ3) is 4.83. The summed E-state index contributed by atoms with van der Waals surface area (Å²) in [6.07, 6.45) is 1.47. The molecule has 0 spiro atoms. The molecular formula is C18H17N5O4S2. The summed E-state index contributed by atoms with van der Waals surface area (Å²) in [7, 11) is -0.512. The zero-order valence-corrected chi connectivity index (χ0v) is 17.1. The SMILES string of the molecule is CN(C)S(=O)(=O)c1ccc(-c2csc(N/N=C\c3cccc([N+](=O)[O-])c3)n2)cc1. The molecule has 0 radical (unpaired) electrons. The Morgan fingerprint density at radius 3 is 2.59 bits per heavy atom. The van der Waals surface area contributed by atoms with Gasteiger partial charge in [-0.3, -0.25) is 15.5 Å². The van der Waals surface area contributed by atoms with Crippen molar-refractivity contribution in [2.45, 2.75) is 4.90 Å². The summed E-state index contributed by atoms with van der Waals surface area (Å²) >= 11 is 1.33.